The molecule has 0 aliphatic carbocycles. The molecule has 1 radical (unpaired) electrons. The molecular weight excluding hydrogens is 239 g/mol. The molecule has 67 valence electrons. The van der Waals surface area contributed by atoms with Crippen molar-refractivity contribution in [3.63, 3.8) is 0 Å². The molecule has 2 nitrogen and oxygen atoms in total. The quantitative estimate of drug-likeness (QED) is 0.655. The summed E-state index contributed by atoms with van der Waals surface area (Å²) >= 11 is 2.80. The third-order valence-electron chi connectivity index (χ3n) is 2.06. The molecule has 0 N–H and O–H groups in total. The number of nitriles is 1. The van der Waals surface area contributed by atoms with Crippen LogP contribution in [0.2, 0.25) is 0 Å². The molecule has 0 bridgehead atoms. The number of aromatic nitrogens is 1. The van der Waals surface area contributed by atoms with Crippen LogP contribution in [0.1, 0.15) is 11.1 Å². The first-order chi connectivity index (χ1) is 6.70. The van der Waals surface area contributed by atoms with E-state index in [9.17, 15) is 0 Å². The van der Waals surface area contributed by atoms with Gasteiger partial charge >= 0.3 is 90.1 Å². The van der Waals surface area contributed by atoms with Gasteiger partial charge in [0.1, 0.15) is 0 Å². The average Bonchev–Trinajstić information content (AvgIpc) is 2.16. The predicted octanol–water partition coefficient (Wildman–Crippen LogP) is 1.21. The van der Waals surface area contributed by atoms with Crippen molar-refractivity contribution < 1.29 is 0 Å². The van der Waals surface area contributed by atoms with Gasteiger partial charge in [0.25, 0.3) is 0 Å². The van der Waals surface area contributed by atoms with Crippen molar-refractivity contribution in [2.24, 2.45) is 0 Å². The zero-order chi connectivity index (χ0) is 10.1. The van der Waals surface area contributed by atoms with Crippen LogP contribution in [0.15, 0.2) is 24.3 Å². The molecule has 1 heterocycles. The number of rotatable bonds is 0. The fraction of sp³-hybridized carbons (Fsp3) is 0.0909. The van der Waals surface area contributed by atoms with Gasteiger partial charge in [-0.25, -0.2) is 0 Å². The maximum atomic E-state index is 8.82. The molecule has 0 atom stereocenters. The van der Waals surface area contributed by atoms with Gasteiger partial charge in [0.05, 0.1) is 0 Å². The van der Waals surface area contributed by atoms with Crippen LogP contribution in [-0.4, -0.2) is 21.0 Å². The monoisotopic (exact) mass is 247 g/mol. The molecule has 1 aromatic carbocycles. The van der Waals surface area contributed by atoms with E-state index in [1.165, 1.54) is 5.56 Å². The molecule has 1 aromatic heterocycles. The third-order valence-corrected chi connectivity index (χ3v) is 2.71. The maximum absolute atomic E-state index is 8.82. The second-order valence-electron chi connectivity index (χ2n) is 3.15. The van der Waals surface area contributed by atoms with E-state index in [2.05, 4.69) is 27.1 Å². The Morgan fingerprint density at radius 2 is 2.14 bits per heavy atom. The van der Waals surface area contributed by atoms with Gasteiger partial charge in [-0.05, 0) is 0 Å². The van der Waals surface area contributed by atoms with Gasteiger partial charge in [-0.2, -0.15) is 0 Å². The molecule has 0 saturated heterocycles. The molecule has 0 amide bonds. The summed E-state index contributed by atoms with van der Waals surface area (Å²) < 4.78 is 0.672. The van der Waals surface area contributed by atoms with Crippen molar-refractivity contribution in [2.75, 3.05) is 0 Å². The summed E-state index contributed by atoms with van der Waals surface area (Å²) in [6.07, 6.45) is 0. The fourth-order valence-corrected chi connectivity index (χ4v) is 1.77. The first-order valence-corrected chi connectivity index (χ1v) is 5.05. The zero-order valence-electron chi connectivity index (χ0n) is 7.61. The molecule has 0 fully saturated rings. The SMILES string of the molecule is Cc1ccc2cc(C#N)c([Se])nc2c1. The Balaban J connectivity index is 2.81. The number of benzene rings is 1. The van der Waals surface area contributed by atoms with Crippen LogP contribution in [0.4, 0.5) is 0 Å². The number of nitrogens with zero attached hydrogens (tertiary/aromatic N) is 2. The van der Waals surface area contributed by atoms with Gasteiger partial charge in [0.15, 0.2) is 0 Å². The van der Waals surface area contributed by atoms with E-state index in [4.69, 9.17) is 5.26 Å². The summed E-state index contributed by atoms with van der Waals surface area (Å²) in [5.41, 5.74) is 2.70. The van der Waals surface area contributed by atoms with Crippen molar-refractivity contribution >= 4 is 31.5 Å². The van der Waals surface area contributed by atoms with Crippen LogP contribution in [0.3, 0.4) is 0 Å². The molecular formula is C11H7N2Se. The van der Waals surface area contributed by atoms with Crippen LogP contribution in [-0.2, 0) is 0 Å². The summed E-state index contributed by atoms with van der Waals surface area (Å²) in [5.74, 6) is 0. The Kier molecular flexibility index (Phi) is 2.25. The summed E-state index contributed by atoms with van der Waals surface area (Å²) in [4.78, 5) is 4.33. The predicted molar refractivity (Wildman–Crippen MR) is 56.6 cm³/mol. The van der Waals surface area contributed by atoms with Crippen LogP contribution < -0.4 is 4.59 Å². The van der Waals surface area contributed by atoms with Gasteiger partial charge in [0.2, 0.25) is 0 Å². The summed E-state index contributed by atoms with van der Waals surface area (Å²) in [5, 5.41) is 9.83. The van der Waals surface area contributed by atoms with Gasteiger partial charge in [-0.1, -0.05) is 0 Å². The summed E-state index contributed by atoms with van der Waals surface area (Å²) in [6.45, 7) is 2.03. The molecule has 0 aliphatic heterocycles. The Morgan fingerprint density at radius 3 is 2.86 bits per heavy atom. The van der Waals surface area contributed by atoms with E-state index in [1.807, 2.05) is 31.2 Å². The molecule has 2 aromatic rings. The van der Waals surface area contributed by atoms with Gasteiger partial charge in [0, 0.05) is 0 Å². The Labute approximate surface area is 90.4 Å². The zero-order valence-corrected chi connectivity index (χ0v) is 9.33. The van der Waals surface area contributed by atoms with Crippen molar-refractivity contribution in [1.29, 1.82) is 5.26 Å². The van der Waals surface area contributed by atoms with Crippen LogP contribution in [0, 0.1) is 18.3 Å². The Bertz CT molecular complexity index is 541. The van der Waals surface area contributed by atoms with Gasteiger partial charge in [-0.3, -0.25) is 0 Å². The number of aryl methyl sites for hydroxylation is 1. The van der Waals surface area contributed by atoms with E-state index in [1.54, 1.807) is 0 Å². The molecule has 0 spiro atoms. The Hall–Kier alpha value is -1.36. The van der Waals surface area contributed by atoms with E-state index in [0.29, 0.717) is 10.2 Å². The summed E-state index contributed by atoms with van der Waals surface area (Å²) in [6, 6.07) is 9.98. The first kappa shape index (κ1) is 9.20. The van der Waals surface area contributed by atoms with Crippen molar-refractivity contribution in [1.82, 2.24) is 4.98 Å². The van der Waals surface area contributed by atoms with E-state index < -0.39 is 0 Å². The van der Waals surface area contributed by atoms with Crippen molar-refractivity contribution in [2.45, 2.75) is 6.92 Å². The van der Waals surface area contributed by atoms with E-state index in [-0.39, 0.29) is 0 Å². The van der Waals surface area contributed by atoms with E-state index in [0.717, 1.165) is 10.9 Å². The van der Waals surface area contributed by atoms with Gasteiger partial charge < -0.3 is 0 Å². The van der Waals surface area contributed by atoms with Gasteiger partial charge in [-0.15, -0.1) is 0 Å². The molecule has 0 saturated carbocycles. The number of pyridine rings is 1. The third kappa shape index (κ3) is 1.50. The number of fused-ring (bicyclic) bond motifs is 1. The standard InChI is InChI=1S/C11H7N2Se/c1-7-2-3-8-5-9(6-12)11(14)13-10(8)4-7/h2-5H,1H3. The molecule has 0 aliphatic rings. The van der Waals surface area contributed by atoms with Crippen molar-refractivity contribution in [3.8, 4) is 6.07 Å². The second kappa shape index (κ2) is 3.42. The van der Waals surface area contributed by atoms with E-state index >= 15 is 0 Å². The first-order valence-electron chi connectivity index (χ1n) is 4.19. The van der Waals surface area contributed by atoms with Crippen LogP contribution >= 0.6 is 0 Å². The minimum atomic E-state index is 0.598. The number of hydrogen-bond donors (Lipinski definition) is 0. The second-order valence-corrected chi connectivity index (χ2v) is 3.96. The average molecular weight is 246 g/mol. The van der Waals surface area contributed by atoms with Crippen LogP contribution in [0.25, 0.3) is 10.9 Å². The summed E-state index contributed by atoms with van der Waals surface area (Å²) in [7, 11) is 0. The molecule has 3 heteroatoms. The number of hydrogen-bond acceptors (Lipinski definition) is 2. The molecule has 0 unspecified atom stereocenters. The topological polar surface area (TPSA) is 36.7 Å². The molecule has 2 rings (SSSR count). The fourth-order valence-electron chi connectivity index (χ4n) is 1.34. The Morgan fingerprint density at radius 1 is 1.36 bits per heavy atom. The molecule has 14 heavy (non-hydrogen) atoms. The van der Waals surface area contributed by atoms with Crippen molar-refractivity contribution in [3.05, 3.63) is 35.4 Å². The van der Waals surface area contributed by atoms with Crippen LogP contribution in [0.5, 0.6) is 0 Å². The normalized spacial score (nSPS) is 10.0. The minimum absolute atomic E-state index is 0.598.